The first-order valence-corrected chi connectivity index (χ1v) is 5.14. The maximum Gasteiger partial charge on any atom is 0.294 e. The molecule has 1 N–H and O–H groups in total. The van der Waals surface area contributed by atoms with Crippen molar-refractivity contribution in [3.8, 4) is 5.69 Å². The summed E-state index contributed by atoms with van der Waals surface area (Å²) in [5, 5.41) is 17.4. The Bertz CT molecular complexity index is 606. The Balaban J connectivity index is 2.40. The SMILES string of the molecule is CC(=O)Nc1cnn(-c2ccccc2[N+](=O)[O-])c1. The van der Waals surface area contributed by atoms with Gasteiger partial charge in [0.1, 0.15) is 5.69 Å². The highest BCUT2D eigenvalue weighted by Crippen LogP contribution is 2.22. The Morgan fingerprint density at radius 3 is 2.83 bits per heavy atom. The molecule has 0 atom stereocenters. The largest absolute Gasteiger partial charge is 0.324 e. The van der Waals surface area contributed by atoms with Gasteiger partial charge in [0.15, 0.2) is 0 Å². The van der Waals surface area contributed by atoms with Crippen molar-refractivity contribution in [1.29, 1.82) is 0 Å². The lowest BCUT2D eigenvalue weighted by molar-refractivity contribution is -0.384. The molecule has 0 radical (unpaired) electrons. The van der Waals surface area contributed by atoms with Crippen LogP contribution < -0.4 is 5.32 Å². The van der Waals surface area contributed by atoms with Gasteiger partial charge in [-0.05, 0) is 6.07 Å². The minimum Gasteiger partial charge on any atom is -0.324 e. The van der Waals surface area contributed by atoms with Gasteiger partial charge in [-0.15, -0.1) is 0 Å². The van der Waals surface area contributed by atoms with E-state index in [1.807, 2.05) is 0 Å². The third-order valence-electron chi connectivity index (χ3n) is 2.23. The van der Waals surface area contributed by atoms with Gasteiger partial charge >= 0.3 is 0 Å². The zero-order valence-corrected chi connectivity index (χ0v) is 9.53. The van der Waals surface area contributed by atoms with Crippen LogP contribution in [0.3, 0.4) is 0 Å². The molecule has 0 saturated heterocycles. The van der Waals surface area contributed by atoms with Crippen molar-refractivity contribution in [2.24, 2.45) is 0 Å². The van der Waals surface area contributed by atoms with Crippen molar-refractivity contribution < 1.29 is 9.72 Å². The van der Waals surface area contributed by atoms with Crippen LogP contribution in [0, 0.1) is 10.1 Å². The van der Waals surface area contributed by atoms with Gasteiger partial charge in [0.05, 0.1) is 23.0 Å². The van der Waals surface area contributed by atoms with Gasteiger partial charge in [-0.2, -0.15) is 5.10 Å². The Hall–Kier alpha value is -2.70. The van der Waals surface area contributed by atoms with Crippen LogP contribution in [0.5, 0.6) is 0 Å². The van der Waals surface area contributed by atoms with Gasteiger partial charge < -0.3 is 5.32 Å². The van der Waals surface area contributed by atoms with E-state index in [0.29, 0.717) is 11.4 Å². The lowest BCUT2D eigenvalue weighted by Crippen LogP contribution is -2.04. The Kier molecular flexibility index (Phi) is 3.05. The minimum atomic E-state index is -0.477. The summed E-state index contributed by atoms with van der Waals surface area (Å²) in [6.45, 7) is 1.38. The van der Waals surface area contributed by atoms with Crippen molar-refractivity contribution in [2.75, 3.05) is 5.32 Å². The molecule has 2 aromatic rings. The zero-order chi connectivity index (χ0) is 13.1. The predicted molar refractivity (Wildman–Crippen MR) is 64.5 cm³/mol. The smallest absolute Gasteiger partial charge is 0.294 e. The third-order valence-corrected chi connectivity index (χ3v) is 2.23. The van der Waals surface area contributed by atoms with Gasteiger partial charge in [0, 0.05) is 13.0 Å². The molecule has 1 aromatic heterocycles. The maximum atomic E-state index is 10.9. The number of amides is 1. The summed E-state index contributed by atoms with van der Waals surface area (Å²) in [5.41, 5.74) is 0.787. The van der Waals surface area contributed by atoms with Crippen LogP contribution in [0.25, 0.3) is 5.69 Å². The number of benzene rings is 1. The molecule has 18 heavy (non-hydrogen) atoms. The molecule has 0 spiro atoms. The average Bonchev–Trinajstić information content (AvgIpc) is 2.76. The Labute approximate surface area is 102 Å². The van der Waals surface area contributed by atoms with Gasteiger partial charge in [-0.3, -0.25) is 14.9 Å². The average molecular weight is 246 g/mol. The number of rotatable bonds is 3. The van der Waals surface area contributed by atoms with Crippen LogP contribution in [0.15, 0.2) is 36.7 Å². The summed E-state index contributed by atoms with van der Waals surface area (Å²) < 4.78 is 1.35. The fraction of sp³-hybridized carbons (Fsp3) is 0.0909. The molecule has 0 bridgehead atoms. The second-order valence-corrected chi connectivity index (χ2v) is 3.60. The second-order valence-electron chi connectivity index (χ2n) is 3.60. The van der Waals surface area contributed by atoms with E-state index in [1.54, 1.807) is 18.2 Å². The quantitative estimate of drug-likeness (QED) is 0.659. The van der Waals surface area contributed by atoms with Crippen molar-refractivity contribution in [1.82, 2.24) is 9.78 Å². The van der Waals surface area contributed by atoms with Crippen molar-refractivity contribution in [3.05, 3.63) is 46.8 Å². The molecule has 0 unspecified atom stereocenters. The van der Waals surface area contributed by atoms with E-state index in [-0.39, 0.29) is 11.6 Å². The molecule has 7 nitrogen and oxygen atoms in total. The summed E-state index contributed by atoms with van der Waals surface area (Å²) in [6, 6.07) is 6.25. The monoisotopic (exact) mass is 246 g/mol. The van der Waals surface area contributed by atoms with Crippen molar-refractivity contribution in [3.63, 3.8) is 0 Å². The van der Waals surface area contributed by atoms with Crippen LogP contribution in [0.2, 0.25) is 0 Å². The number of aromatic nitrogens is 2. The molecular weight excluding hydrogens is 236 g/mol. The topological polar surface area (TPSA) is 90.1 Å². The van der Waals surface area contributed by atoms with Gasteiger partial charge in [-0.1, -0.05) is 12.1 Å². The predicted octanol–water partition coefficient (Wildman–Crippen LogP) is 1.74. The van der Waals surface area contributed by atoms with Crippen molar-refractivity contribution >= 4 is 17.3 Å². The van der Waals surface area contributed by atoms with E-state index in [1.165, 1.54) is 30.1 Å². The van der Waals surface area contributed by atoms with E-state index < -0.39 is 4.92 Å². The molecule has 0 saturated carbocycles. The Morgan fingerprint density at radius 2 is 2.17 bits per heavy atom. The fourth-order valence-electron chi connectivity index (χ4n) is 1.53. The molecule has 0 aliphatic carbocycles. The summed E-state index contributed by atoms with van der Waals surface area (Å²) in [6.07, 6.45) is 2.95. The molecular formula is C11H10N4O3. The van der Waals surface area contributed by atoms with Crippen LogP contribution in [-0.4, -0.2) is 20.6 Å². The van der Waals surface area contributed by atoms with Crippen LogP contribution >= 0.6 is 0 Å². The number of nitro groups is 1. The highest BCUT2D eigenvalue weighted by atomic mass is 16.6. The highest BCUT2D eigenvalue weighted by molar-refractivity contribution is 5.88. The first-order chi connectivity index (χ1) is 8.58. The number of carbonyl (C=O) groups is 1. The van der Waals surface area contributed by atoms with Gasteiger partial charge in [0.25, 0.3) is 5.69 Å². The molecule has 92 valence electrons. The lowest BCUT2D eigenvalue weighted by atomic mass is 10.3. The minimum absolute atomic E-state index is 0.0463. The molecule has 0 fully saturated rings. The number of anilines is 1. The number of carbonyl (C=O) groups excluding carboxylic acids is 1. The first-order valence-electron chi connectivity index (χ1n) is 5.14. The normalized spacial score (nSPS) is 10.1. The van der Waals surface area contributed by atoms with Crippen LogP contribution in [-0.2, 0) is 4.79 Å². The summed E-state index contributed by atoms with van der Waals surface area (Å²) in [7, 11) is 0. The van der Waals surface area contributed by atoms with E-state index in [2.05, 4.69) is 10.4 Å². The van der Waals surface area contributed by atoms with E-state index in [4.69, 9.17) is 0 Å². The van der Waals surface area contributed by atoms with Gasteiger partial charge in [0.2, 0.25) is 5.91 Å². The molecule has 0 aliphatic rings. The zero-order valence-electron chi connectivity index (χ0n) is 9.53. The summed E-state index contributed by atoms with van der Waals surface area (Å²) in [5.74, 6) is -0.225. The number of hydrogen-bond donors (Lipinski definition) is 1. The number of hydrogen-bond acceptors (Lipinski definition) is 4. The summed E-state index contributed by atoms with van der Waals surface area (Å²) >= 11 is 0. The van der Waals surface area contributed by atoms with Crippen LogP contribution in [0.1, 0.15) is 6.92 Å². The van der Waals surface area contributed by atoms with Crippen LogP contribution in [0.4, 0.5) is 11.4 Å². The van der Waals surface area contributed by atoms with Gasteiger partial charge in [-0.25, -0.2) is 4.68 Å². The maximum absolute atomic E-state index is 10.9. The molecule has 1 aromatic carbocycles. The van der Waals surface area contributed by atoms with E-state index >= 15 is 0 Å². The number of nitrogens with zero attached hydrogens (tertiary/aromatic N) is 3. The first kappa shape index (κ1) is 11.8. The Morgan fingerprint density at radius 1 is 1.44 bits per heavy atom. The number of nitrogens with one attached hydrogen (secondary N) is 1. The standard InChI is InChI=1S/C11H10N4O3/c1-8(16)13-9-6-12-14(7-9)10-4-2-3-5-11(10)15(17)18/h2-7H,1H3,(H,13,16). The number of nitro benzene ring substituents is 1. The van der Waals surface area contributed by atoms with Crippen molar-refractivity contribution in [2.45, 2.75) is 6.92 Å². The molecule has 2 rings (SSSR count). The second kappa shape index (κ2) is 4.66. The summed E-state index contributed by atoms with van der Waals surface area (Å²) in [4.78, 5) is 21.3. The highest BCUT2D eigenvalue weighted by Gasteiger charge is 2.14. The molecule has 1 heterocycles. The molecule has 7 heteroatoms. The van der Waals surface area contributed by atoms with E-state index in [0.717, 1.165) is 0 Å². The van der Waals surface area contributed by atoms with E-state index in [9.17, 15) is 14.9 Å². The number of para-hydroxylation sites is 2. The molecule has 1 amide bonds. The third kappa shape index (κ3) is 2.34. The fourth-order valence-corrected chi connectivity index (χ4v) is 1.53. The molecule has 0 aliphatic heterocycles. The lowest BCUT2D eigenvalue weighted by Gasteiger charge is -2.01.